The van der Waals surface area contributed by atoms with Crippen molar-refractivity contribution < 1.29 is 14.3 Å². The number of rotatable bonds is 7. The summed E-state index contributed by atoms with van der Waals surface area (Å²) in [5.41, 5.74) is 1.49. The summed E-state index contributed by atoms with van der Waals surface area (Å²) in [5.74, 6) is -0.0550. The average Bonchev–Trinajstić information content (AvgIpc) is 3.57. The lowest BCUT2D eigenvalue weighted by atomic mass is 10.2. The first-order valence-electron chi connectivity index (χ1n) is 9.78. The van der Waals surface area contributed by atoms with Gasteiger partial charge in [-0.25, -0.2) is 14.8 Å². The van der Waals surface area contributed by atoms with Crippen molar-refractivity contribution >= 4 is 46.6 Å². The second kappa shape index (κ2) is 9.42. The van der Waals surface area contributed by atoms with Gasteiger partial charge in [0.1, 0.15) is 11.9 Å². The zero-order chi connectivity index (χ0) is 22.6. The summed E-state index contributed by atoms with van der Waals surface area (Å²) in [4.78, 5) is 32.3. The molecular weight excluding hydrogens is 453 g/mol. The van der Waals surface area contributed by atoms with Gasteiger partial charge in [0, 0.05) is 12.2 Å². The van der Waals surface area contributed by atoms with Gasteiger partial charge in [-0.3, -0.25) is 4.79 Å². The fourth-order valence-electron chi connectivity index (χ4n) is 3.01. The molecule has 1 fully saturated rings. The van der Waals surface area contributed by atoms with Crippen molar-refractivity contribution in [2.75, 3.05) is 5.32 Å². The number of anilines is 2. The zero-order valence-electron chi connectivity index (χ0n) is 16.8. The monoisotopic (exact) mass is 471 g/mol. The van der Waals surface area contributed by atoms with Gasteiger partial charge < -0.3 is 20.7 Å². The maximum atomic E-state index is 12.6. The highest BCUT2D eigenvalue weighted by atomic mass is 35.5. The third-order valence-corrected chi connectivity index (χ3v) is 5.73. The van der Waals surface area contributed by atoms with Gasteiger partial charge in [0.2, 0.25) is 5.91 Å². The van der Waals surface area contributed by atoms with Crippen LogP contribution in [0.3, 0.4) is 0 Å². The van der Waals surface area contributed by atoms with Gasteiger partial charge >= 0.3 is 6.09 Å². The van der Waals surface area contributed by atoms with Gasteiger partial charge in [-0.05, 0) is 42.7 Å². The Balaban J connectivity index is 1.29. The van der Waals surface area contributed by atoms with E-state index in [1.54, 1.807) is 6.07 Å². The van der Waals surface area contributed by atoms with Crippen molar-refractivity contribution in [3.05, 3.63) is 76.8 Å². The predicted octanol–water partition coefficient (Wildman–Crippen LogP) is 4.46. The topological polar surface area (TPSA) is 105 Å². The number of carbonyl (C=O) groups excluding carboxylic acids is 2. The molecule has 3 aromatic rings. The molecule has 1 aromatic heterocycles. The number of nitrogens with one attached hydrogen (secondary N) is 3. The summed E-state index contributed by atoms with van der Waals surface area (Å²) in [6, 6.07) is 12.9. The van der Waals surface area contributed by atoms with Gasteiger partial charge in [0.15, 0.2) is 5.75 Å². The second-order valence-corrected chi connectivity index (χ2v) is 8.06. The average molecular weight is 472 g/mol. The van der Waals surface area contributed by atoms with Gasteiger partial charge in [-0.15, -0.1) is 0 Å². The highest BCUT2D eigenvalue weighted by Gasteiger charge is 2.51. The van der Waals surface area contributed by atoms with E-state index in [-0.39, 0.29) is 11.7 Å². The Morgan fingerprint density at radius 1 is 1.03 bits per heavy atom. The molecule has 0 spiro atoms. The second-order valence-electron chi connectivity index (χ2n) is 7.28. The molecule has 0 aliphatic heterocycles. The van der Waals surface area contributed by atoms with Gasteiger partial charge in [0.25, 0.3) is 0 Å². The molecule has 1 aliphatic carbocycles. The highest BCUT2D eigenvalue weighted by Crippen LogP contribution is 2.36. The maximum absolute atomic E-state index is 12.6. The van der Waals surface area contributed by atoms with E-state index >= 15 is 0 Å². The highest BCUT2D eigenvalue weighted by molar-refractivity contribution is 6.43. The van der Waals surface area contributed by atoms with Crippen molar-refractivity contribution in [1.82, 2.24) is 20.6 Å². The van der Waals surface area contributed by atoms with Crippen molar-refractivity contribution in [3.8, 4) is 5.75 Å². The summed E-state index contributed by atoms with van der Waals surface area (Å²) < 4.78 is 5.10. The predicted molar refractivity (Wildman–Crippen MR) is 121 cm³/mol. The van der Waals surface area contributed by atoms with E-state index in [4.69, 9.17) is 27.9 Å². The van der Waals surface area contributed by atoms with Gasteiger partial charge in [-0.1, -0.05) is 41.4 Å². The molecule has 0 saturated heterocycles. The standard InChI is InChI=1S/C22H19Cl2N5O3/c23-17-2-1-3-18(19(17)24)28-15-6-4-14(5-7-15)10-27-20(30)22(8-9-22)29-21(31)32-16-11-25-13-26-12-16/h1-7,11-13,28H,8-10H2,(H,27,30)(H,29,31). The molecule has 1 saturated carbocycles. The molecule has 8 nitrogen and oxygen atoms in total. The van der Waals surface area contributed by atoms with Crippen LogP contribution in [0.5, 0.6) is 5.75 Å². The first-order chi connectivity index (χ1) is 15.4. The Morgan fingerprint density at radius 2 is 1.75 bits per heavy atom. The molecule has 2 amide bonds. The SMILES string of the molecule is O=C(NC1(C(=O)NCc2ccc(Nc3cccc(Cl)c3Cl)cc2)CC1)Oc1cncnc1. The molecular formula is C22H19Cl2N5O3. The molecule has 4 rings (SSSR count). The minimum Gasteiger partial charge on any atom is -0.407 e. The lowest BCUT2D eigenvalue weighted by Gasteiger charge is -2.17. The van der Waals surface area contributed by atoms with E-state index in [1.165, 1.54) is 18.7 Å². The molecule has 10 heteroatoms. The first-order valence-corrected chi connectivity index (χ1v) is 10.5. The van der Waals surface area contributed by atoms with Crippen LogP contribution in [0.1, 0.15) is 18.4 Å². The summed E-state index contributed by atoms with van der Waals surface area (Å²) in [5, 5.41) is 9.63. The van der Waals surface area contributed by atoms with Crippen LogP contribution in [-0.4, -0.2) is 27.5 Å². The summed E-state index contributed by atoms with van der Waals surface area (Å²) in [7, 11) is 0. The molecule has 0 atom stereocenters. The Kier molecular flexibility index (Phi) is 6.43. The number of halogens is 2. The van der Waals surface area contributed by atoms with Crippen LogP contribution in [0.25, 0.3) is 0 Å². The van der Waals surface area contributed by atoms with Gasteiger partial charge in [0.05, 0.1) is 28.1 Å². The third-order valence-electron chi connectivity index (χ3n) is 4.91. The van der Waals surface area contributed by atoms with E-state index in [2.05, 4.69) is 25.9 Å². The van der Waals surface area contributed by atoms with Crippen molar-refractivity contribution in [3.63, 3.8) is 0 Å². The number of hydrogen-bond acceptors (Lipinski definition) is 6. The summed E-state index contributed by atoms with van der Waals surface area (Å²) >= 11 is 12.2. The Morgan fingerprint density at radius 3 is 2.44 bits per heavy atom. The zero-order valence-corrected chi connectivity index (χ0v) is 18.3. The molecule has 0 radical (unpaired) electrons. The van der Waals surface area contributed by atoms with Crippen molar-refractivity contribution in [1.29, 1.82) is 0 Å². The number of carbonyl (C=O) groups is 2. The Labute approximate surface area is 194 Å². The molecule has 164 valence electrons. The summed E-state index contributed by atoms with van der Waals surface area (Å²) in [6.07, 6.45) is 4.43. The van der Waals surface area contributed by atoms with Crippen LogP contribution in [0.2, 0.25) is 10.0 Å². The number of ether oxygens (including phenoxy) is 1. The molecule has 2 aromatic carbocycles. The van der Waals surface area contributed by atoms with Gasteiger partial charge in [-0.2, -0.15) is 0 Å². The van der Waals surface area contributed by atoms with E-state index in [0.717, 1.165) is 11.3 Å². The van der Waals surface area contributed by atoms with E-state index < -0.39 is 11.6 Å². The normalized spacial score (nSPS) is 13.7. The molecule has 3 N–H and O–H groups in total. The molecule has 0 unspecified atom stereocenters. The lowest BCUT2D eigenvalue weighted by molar-refractivity contribution is -0.124. The van der Waals surface area contributed by atoms with E-state index in [0.29, 0.717) is 35.1 Å². The number of aromatic nitrogens is 2. The molecule has 32 heavy (non-hydrogen) atoms. The van der Waals surface area contributed by atoms with Crippen LogP contribution in [0.4, 0.5) is 16.2 Å². The summed E-state index contributed by atoms with van der Waals surface area (Å²) in [6.45, 7) is 0.321. The minimum absolute atomic E-state index is 0.203. The van der Waals surface area contributed by atoms with Crippen LogP contribution in [0.15, 0.2) is 61.2 Å². The van der Waals surface area contributed by atoms with E-state index in [1.807, 2.05) is 36.4 Å². The van der Waals surface area contributed by atoms with E-state index in [9.17, 15) is 9.59 Å². The fourth-order valence-corrected chi connectivity index (χ4v) is 3.36. The van der Waals surface area contributed by atoms with Crippen LogP contribution in [0, 0.1) is 0 Å². The lowest BCUT2D eigenvalue weighted by Crippen LogP contribution is -2.49. The third kappa shape index (κ3) is 5.27. The van der Waals surface area contributed by atoms with Crippen LogP contribution in [-0.2, 0) is 11.3 Å². The number of amides is 2. The number of hydrogen-bond donors (Lipinski definition) is 3. The van der Waals surface area contributed by atoms with Crippen LogP contribution >= 0.6 is 23.2 Å². The maximum Gasteiger partial charge on any atom is 0.413 e. The van der Waals surface area contributed by atoms with Crippen LogP contribution < -0.4 is 20.7 Å². The molecule has 0 bridgehead atoms. The molecule has 1 aliphatic rings. The Hall–Kier alpha value is -3.36. The minimum atomic E-state index is -0.947. The quantitative estimate of drug-likeness (QED) is 0.469. The number of benzene rings is 2. The largest absolute Gasteiger partial charge is 0.413 e. The fraction of sp³-hybridized carbons (Fsp3) is 0.182. The molecule has 1 heterocycles. The van der Waals surface area contributed by atoms with Crippen molar-refractivity contribution in [2.24, 2.45) is 0 Å². The van der Waals surface area contributed by atoms with Crippen molar-refractivity contribution in [2.45, 2.75) is 24.9 Å². The smallest absolute Gasteiger partial charge is 0.407 e. The first kappa shape index (κ1) is 21.9. The number of nitrogens with zero attached hydrogens (tertiary/aromatic N) is 2. The Bertz CT molecular complexity index is 1120.